The lowest BCUT2D eigenvalue weighted by Crippen LogP contribution is -2.38. The van der Waals surface area contributed by atoms with Gasteiger partial charge in [0.05, 0.1) is 6.20 Å². The van der Waals surface area contributed by atoms with E-state index in [-0.39, 0.29) is 35.7 Å². The van der Waals surface area contributed by atoms with Crippen molar-refractivity contribution in [1.29, 1.82) is 0 Å². The molecule has 2 aliphatic heterocycles. The molecule has 3 aliphatic rings. The van der Waals surface area contributed by atoms with Crippen LogP contribution in [0.1, 0.15) is 90.0 Å². The first kappa shape index (κ1) is 33.1. The second-order valence-corrected chi connectivity index (χ2v) is 12.9. The largest absolute Gasteiger partial charge is 0.438 e. The van der Waals surface area contributed by atoms with Crippen LogP contribution in [0.2, 0.25) is 0 Å². The number of anilines is 1. The summed E-state index contributed by atoms with van der Waals surface area (Å²) in [4.78, 5) is 43.6. The number of unbranched alkanes of at least 4 members (excludes halogenated alkanes) is 2. The molecule has 1 unspecified atom stereocenters. The highest BCUT2D eigenvalue weighted by Crippen LogP contribution is 2.59. The van der Waals surface area contributed by atoms with Crippen LogP contribution < -0.4 is 10.2 Å². The van der Waals surface area contributed by atoms with Crippen LogP contribution in [0.3, 0.4) is 0 Å². The van der Waals surface area contributed by atoms with Crippen molar-refractivity contribution < 1.29 is 14.0 Å². The summed E-state index contributed by atoms with van der Waals surface area (Å²) in [5.74, 6) is 2.54. The smallest absolute Gasteiger partial charge is 0.225 e. The average Bonchev–Trinajstić information content (AvgIpc) is 3.50. The van der Waals surface area contributed by atoms with E-state index in [1.807, 2.05) is 43.6 Å². The van der Waals surface area contributed by atoms with Crippen LogP contribution in [0, 0.1) is 11.3 Å². The number of piperidine rings is 1. The third-order valence-electron chi connectivity index (χ3n) is 10.1. The molecule has 0 radical (unpaired) electrons. The predicted molar refractivity (Wildman–Crippen MR) is 178 cm³/mol. The van der Waals surface area contributed by atoms with Crippen LogP contribution in [0.25, 0.3) is 22.5 Å². The van der Waals surface area contributed by atoms with Crippen LogP contribution in [0.4, 0.5) is 5.95 Å². The molecule has 2 aromatic heterocycles. The molecule has 2 atom stereocenters. The first-order chi connectivity index (χ1) is 21.5. The third kappa shape index (κ3) is 7.75. The van der Waals surface area contributed by atoms with Crippen LogP contribution in [-0.4, -0.2) is 64.3 Å². The molecule has 1 amide bonds. The molecule has 3 aromatic rings. The van der Waals surface area contributed by atoms with Crippen molar-refractivity contribution in [3.63, 3.8) is 0 Å². The van der Waals surface area contributed by atoms with E-state index >= 15 is 0 Å². The zero-order chi connectivity index (χ0) is 30.5. The van der Waals surface area contributed by atoms with Gasteiger partial charge in [-0.3, -0.25) is 9.59 Å². The summed E-state index contributed by atoms with van der Waals surface area (Å²) >= 11 is 0. The molecule has 45 heavy (non-hydrogen) atoms. The lowest BCUT2D eigenvalue weighted by molar-refractivity contribution is -0.124. The number of oxazole rings is 1. The van der Waals surface area contributed by atoms with Gasteiger partial charge in [-0.25, -0.2) is 15.0 Å². The van der Waals surface area contributed by atoms with Crippen molar-refractivity contribution in [2.45, 2.75) is 84.1 Å². The summed E-state index contributed by atoms with van der Waals surface area (Å²) in [5, 5.41) is 3.33. The van der Waals surface area contributed by atoms with Crippen LogP contribution in [0.15, 0.2) is 47.3 Å². The van der Waals surface area contributed by atoms with Crippen molar-refractivity contribution in [3.05, 3.63) is 48.7 Å². The fourth-order valence-electron chi connectivity index (χ4n) is 6.70. The number of hydrogen-bond donors (Lipinski definition) is 1. The molecule has 1 N–H and O–H groups in total. The number of nitrogens with one attached hydrogen (secondary N) is 1. The Morgan fingerprint density at radius 2 is 1.64 bits per heavy atom. The molecule has 242 valence electrons. The number of ketones is 1. The Bertz CT molecular complexity index is 1410. The Morgan fingerprint density at radius 1 is 0.933 bits per heavy atom. The van der Waals surface area contributed by atoms with E-state index in [4.69, 9.17) is 4.42 Å². The van der Waals surface area contributed by atoms with Crippen LogP contribution >= 0.6 is 12.4 Å². The number of halogens is 1. The summed E-state index contributed by atoms with van der Waals surface area (Å²) in [5.41, 5.74) is 3.11. The molecule has 2 saturated heterocycles. The number of Topliss-reactive ketones (excluding diaryl/α,β-unsaturated/α-hetero) is 1. The van der Waals surface area contributed by atoms with Crippen LogP contribution in [-0.2, 0) is 9.59 Å². The number of carbonyl (C=O) groups is 2. The van der Waals surface area contributed by atoms with Gasteiger partial charge in [-0.05, 0) is 69.1 Å². The molecule has 1 aromatic carbocycles. The van der Waals surface area contributed by atoms with E-state index in [1.54, 1.807) is 6.20 Å². The first-order valence-corrected chi connectivity index (χ1v) is 16.7. The first-order valence-electron chi connectivity index (χ1n) is 16.7. The Hall–Kier alpha value is -3.30. The van der Waals surface area contributed by atoms with Crippen LogP contribution in [0.5, 0.6) is 0 Å². The maximum atomic E-state index is 13.5. The van der Waals surface area contributed by atoms with Gasteiger partial charge < -0.3 is 19.5 Å². The molecule has 10 heteroatoms. The fourth-order valence-corrected chi connectivity index (χ4v) is 6.70. The zero-order valence-electron chi connectivity index (χ0n) is 26.7. The number of carbonyl (C=O) groups excluding carboxylic acids is 2. The molecule has 0 bridgehead atoms. The molecule has 1 spiro atoms. The number of amides is 1. The van der Waals surface area contributed by atoms with Gasteiger partial charge in [0.1, 0.15) is 11.8 Å². The summed E-state index contributed by atoms with van der Waals surface area (Å²) < 4.78 is 6.30. The standard InChI is InChI=1S/C35H46N6O3.ClH/c1-3-28(42)9-6-5-7-10-30(39-32(43)29-21-35(29)15-19-40(4-2)20-16-35)33-36-24-31(44-33)26-13-11-25(12-14-26)27-22-37-34(38-23-27)41-17-8-18-41;/h11-14,22-24,29-30H,3-10,15-21H2,1-2H3,(H,39,43);1H/t29-,30?;/m1./s1. The van der Waals surface area contributed by atoms with Gasteiger partial charge in [-0.1, -0.05) is 51.0 Å². The van der Waals surface area contributed by atoms with Gasteiger partial charge in [0.25, 0.3) is 0 Å². The van der Waals surface area contributed by atoms with E-state index in [0.717, 1.165) is 100 Å². The number of hydrogen-bond acceptors (Lipinski definition) is 8. The maximum absolute atomic E-state index is 13.5. The van der Waals surface area contributed by atoms with Crippen molar-refractivity contribution >= 4 is 30.0 Å². The number of aromatic nitrogens is 3. The van der Waals surface area contributed by atoms with Gasteiger partial charge in [0.2, 0.25) is 17.7 Å². The summed E-state index contributed by atoms with van der Waals surface area (Å²) in [6.45, 7) is 9.41. The lowest BCUT2D eigenvalue weighted by atomic mass is 9.90. The van der Waals surface area contributed by atoms with Crippen molar-refractivity contribution in [3.8, 4) is 22.5 Å². The molecule has 4 heterocycles. The van der Waals surface area contributed by atoms with E-state index in [1.165, 1.54) is 6.42 Å². The van der Waals surface area contributed by atoms with Gasteiger partial charge in [-0.15, -0.1) is 12.4 Å². The topological polar surface area (TPSA) is 104 Å². The second kappa shape index (κ2) is 14.9. The minimum absolute atomic E-state index is 0. The summed E-state index contributed by atoms with van der Waals surface area (Å²) in [6.07, 6.45) is 14.6. The van der Waals surface area contributed by atoms with Crippen molar-refractivity contribution in [2.24, 2.45) is 11.3 Å². The third-order valence-corrected chi connectivity index (χ3v) is 10.1. The molecule has 1 saturated carbocycles. The Balaban J connectivity index is 0.00000400. The highest BCUT2D eigenvalue weighted by molar-refractivity contribution is 5.85. The SMILES string of the molecule is CCC(=O)CCCCCC(NC(=O)[C@H]1CC12CCN(CC)CC2)c1ncc(-c2ccc(-c3cnc(N4CCC4)nc3)cc2)o1.Cl. The average molecular weight is 635 g/mol. The minimum atomic E-state index is -0.284. The normalized spacial score (nSPS) is 19.4. The molecule has 9 nitrogen and oxygen atoms in total. The van der Waals surface area contributed by atoms with Gasteiger partial charge in [0.15, 0.2) is 5.76 Å². The van der Waals surface area contributed by atoms with Gasteiger partial charge in [0, 0.05) is 55.4 Å². The predicted octanol–water partition coefficient (Wildman–Crippen LogP) is 6.64. The highest BCUT2D eigenvalue weighted by Gasteiger charge is 2.58. The zero-order valence-corrected chi connectivity index (χ0v) is 27.5. The maximum Gasteiger partial charge on any atom is 0.225 e. The van der Waals surface area contributed by atoms with Crippen molar-refractivity contribution in [2.75, 3.05) is 37.6 Å². The van der Waals surface area contributed by atoms with Gasteiger partial charge >= 0.3 is 0 Å². The van der Waals surface area contributed by atoms with E-state index in [2.05, 4.69) is 37.0 Å². The van der Waals surface area contributed by atoms with Gasteiger partial charge in [-0.2, -0.15) is 0 Å². The monoisotopic (exact) mass is 634 g/mol. The summed E-state index contributed by atoms with van der Waals surface area (Å²) in [7, 11) is 0. The molecule has 3 fully saturated rings. The van der Waals surface area contributed by atoms with Crippen molar-refractivity contribution in [1.82, 2.24) is 25.2 Å². The quantitative estimate of drug-likeness (QED) is 0.197. The highest BCUT2D eigenvalue weighted by atomic mass is 35.5. The Kier molecular flexibility index (Phi) is 10.9. The van der Waals surface area contributed by atoms with E-state index in [9.17, 15) is 9.59 Å². The second-order valence-electron chi connectivity index (χ2n) is 12.9. The van der Waals surface area contributed by atoms with E-state index < -0.39 is 0 Å². The van der Waals surface area contributed by atoms with E-state index in [0.29, 0.717) is 30.3 Å². The minimum Gasteiger partial charge on any atom is -0.438 e. The summed E-state index contributed by atoms with van der Waals surface area (Å²) in [6, 6.07) is 7.86. The number of benzene rings is 1. The lowest BCUT2D eigenvalue weighted by Gasteiger charge is -2.32. The fraction of sp³-hybridized carbons (Fsp3) is 0.571. The molecular weight excluding hydrogens is 588 g/mol. The number of likely N-dealkylation sites (tertiary alicyclic amines) is 1. The Morgan fingerprint density at radius 3 is 2.29 bits per heavy atom. The molecule has 6 rings (SSSR count). The number of nitrogens with zero attached hydrogens (tertiary/aromatic N) is 5. The molecule has 1 aliphatic carbocycles. The molecular formula is C35H47ClN6O3. The number of rotatable bonds is 14. The Labute approximate surface area is 273 Å².